The van der Waals surface area contributed by atoms with Gasteiger partial charge >= 0.3 is 0 Å². The van der Waals surface area contributed by atoms with Crippen molar-refractivity contribution in [3.05, 3.63) is 35.1 Å². The molecule has 1 aromatic carbocycles. The van der Waals surface area contributed by atoms with Crippen LogP contribution in [0.4, 0.5) is 4.39 Å². The van der Waals surface area contributed by atoms with Crippen molar-refractivity contribution in [2.45, 2.75) is 51.0 Å². The molecule has 0 spiro atoms. The lowest BCUT2D eigenvalue weighted by molar-refractivity contribution is 0.206. The molecule has 2 aliphatic carbocycles. The molecule has 2 N–H and O–H groups in total. The summed E-state index contributed by atoms with van der Waals surface area (Å²) in [5.74, 6) is 1.57. The Morgan fingerprint density at radius 2 is 2.00 bits per heavy atom. The molecule has 0 heterocycles. The van der Waals surface area contributed by atoms with E-state index in [4.69, 9.17) is 5.73 Å². The van der Waals surface area contributed by atoms with Crippen LogP contribution >= 0.6 is 0 Å². The molecule has 2 saturated carbocycles. The zero-order valence-corrected chi connectivity index (χ0v) is 11.1. The van der Waals surface area contributed by atoms with E-state index < -0.39 is 0 Å². The first-order chi connectivity index (χ1) is 8.58. The fourth-order valence-corrected chi connectivity index (χ4v) is 3.75. The molecular formula is C16H22FN. The molecule has 2 aliphatic rings. The van der Waals surface area contributed by atoms with Gasteiger partial charge in [0.05, 0.1) is 0 Å². The molecule has 1 aromatic rings. The van der Waals surface area contributed by atoms with Gasteiger partial charge in [-0.15, -0.1) is 0 Å². The van der Waals surface area contributed by atoms with Crippen molar-refractivity contribution in [1.82, 2.24) is 0 Å². The molecular weight excluding hydrogens is 225 g/mol. The number of hydrogen-bond donors (Lipinski definition) is 1. The summed E-state index contributed by atoms with van der Waals surface area (Å²) in [6.45, 7) is 1.98. The maximum absolute atomic E-state index is 13.2. The van der Waals surface area contributed by atoms with Crippen LogP contribution < -0.4 is 5.73 Å². The summed E-state index contributed by atoms with van der Waals surface area (Å²) in [6, 6.07) is 5.07. The van der Waals surface area contributed by atoms with Crippen molar-refractivity contribution < 1.29 is 4.39 Å². The van der Waals surface area contributed by atoms with E-state index in [1.165, 1.54) is 25.7 Å². The van der Waals surface area contributed by atoms with Crippen LogP contribution in [0.2, 0.25) is 0 Å². The van der Waals surface area contributed by atoms with Crippen molar-refractivity contribution >= 4 is 0 Å². The molecule has 0 bridgehead atoms. The van der Waals surface area contributed by atoms with Gasteiger partial charge in [-0.2, -0.15) is 0 Å². The molecule has 0 aromatic heterocycles. The van der Waals surface area contributed by atoms with E-state index in [-0.39, 0.29) is 11.4 Å². The van der Waals surface area contributed by atoms with E-state index in [1.54, 1.807) is 12.1 Å². The molecule has 0 saturated heterocycles. The maximum atomic E-state index is 13.2. The summed E-state index contributed by atoms with van der Waals surface area (Å²) >= 11 is 0. The summed E-state index contributed by atoms with van der Waals surface area (Å²) in [6.07, 6.45) is 7.47. The van der Waals surface area contributed by atoms with E-state index in [0.717, 1.165) is 35.8 Å². The topological polar surface area (TPSA) is 26.0 Å². The summed E-state index contributed by atoms with van der Waals surface area (Å²) in [5.41, 5.74) is 8.62. The Hall–Kier alpha value is -0.890. The fourth-order valence-electron chi connectivity index (χ4n) is 3.75. The van der Waals surface area contributed by atoms with Crippen molar-refractivity contribution in [2.75, 3.05) is 0 Å². The quantitative estimate of drug-likeness (QED) is 0.843. The van der Waals surface area contributed by atoms with Crippen LogP contribution in [0.3, 0.4) is 0 Å². The Labute approximate surface area is 109 Å². The minimum atomic E-state index is -0.219. The summed E-state index contributed by atoms with van der Waals surface area (Å²) < 4.78 is 13.2. The number of halogens is 1. The zero-order valence-electron chi connectivity index (χ0n) is 11.1. The van der Waals surface area contributed by atoms with E-state index in [1.807, 2.05) is 13.0 Å². The predicted octanol–water partition coefficient (Wildman–Crippen LogP) is 3.89. The lowest BCUT2D eigenvalue weighted by atomic mass is 9.70. The molecule has 2 heteroatoms. The number of benzene rings is 1. The first-order valence-electron chi connectivity index (χ1n) is 7.14. The van der Waals surface area contributed by atoms with Crippen LogP contribution in [-0.2, 0) is 5.54 Å². The van der Waals surface area contributed by atoms with Gasteiger partial charge in [0, 0.05) is 5.54 Å². The Bertz CT molecular complexity index is 452. The Morgan fingerprint density at radius 3 is 2.67 bits per heavy atom. The molecule has 3 rings (SSSR count). The largest absolute Gasteiger partial charge is 0.321 e. The van der Waals surface area contributed by atoms with Gasteiger partial charge in [0.1, 0.15) is 5.82 Å². The monoisotopic (exact) mass is 247 g/mol. The maximum Gasteiger partial charge on any atom is 0.123 e. The van der Waals surface area contributed by atoms with Crippen LogP contribution in [0.25, 0.3) is 0 Å². The highest BCUT2D eigenvalue weighted by Crippen LogP contribution is 2.48. The first-order valence-corrected chi connectivity index (χ1v) is 7.14. The van der Waals surface area contributed by atoms with Crippen LogP contribution in [0.1, 0.15) is 49.7 Å². The van der Waals surface area contributed by atoms with Crippen LogP contribution in [0.5, 0.6) is 0 Å². The third kappa shape index (κ3) is 2.18. The van der Waals surface area contributed by atoms with Gasteiger partial charge in [0.2, 0.25) is 0 Å². The molecule has 2 unspecified atom stereocenters. The highest BCUT2D eigenvalue weighted by Gasteiger charge is 2.41. The van der Waals surface area contributed by atoms with Crippen LogP contribution in [-0.4, -0.2) is 0 Å². The van der Waals surface area contributed by atoms with E-state index in [0.29, 0.717) is 0 Å². The second kappa shape index (κ2) is 4.34. The zero-order chi connectivity index (χ0) is 12.8. The molecule has 2 fully saturated rings. The SMILES string of the molecule is Cc1cc(F)ccc1C1(N)CCCC(C2CC2)C1. The van der Waals surface area contributed by atoms with Crippen molar-refractivity contribution in [3.63, 3.8) is 0 Å². The molecule has 0 aliphatic heterocycles. The Kier molecular flexibility index (Phi) is 2.93. The molecule has 98 valence electrons. The van der Waals surface area contributed by atoms with Crippen LogP contribution in [0.15, 0.2) is 18.2 Å². The fraction of sp³-hybridized carbons (Fsp3) is 0.625. The number of rotatable bonds is 2. The Morgan fingerprint density at radius 1 is 1.22 bits per heavy atom. The average molecular weight is 247 g/mol. The molecule has 0 radical (unpaired) electrons. The van der Waals surface area contributed by atoms with Crippen molar-refractivity contribution in [2.24, 2.45) is 17.6 Å². The molecule has 2 atom stereocenters. The highest BCUT2D eigenvalue weighted by molar-refractivity contribution is 5.33. The van der Waals surface area contributed by atoms with Crippen molar-refractivity contribution in [1.29, 1.82) is 0 Å². The third-order valence-corrected chi connectivity index (χ3v) is 4.84. The lowest BCUT2D eigenvalue weighted by Gasteiger charge is -2.39. The molecule has 18 heavy (non-hydrogen) atoms. The second-order valence-electron chi connectivity index (χ2n) is 6.31. The molecule has 1 nitrogen and oxygen atoms in total. The second-order valence-corrected chi connectivity index (χ2v) is 6.31. The summed E-state index contributed by atoms with van der Waals surface area (Å²) in [4.78, 5) is 0. The Balaban J connectivity index is 1.87. The first kappa shape index (κ1) is 12.2. The smallest absolute Gasteiger partial charge is 0.123 e. The summed E-state index contributed by atoms with van der Waals surface area (Å²) in [5, 5.41) is 0. The number of nitrogens with two attached hydrogens (primary N) is 1. The van der Waals surface area contributed by atoms with Gasteiger partial charge in [-0.1, -0.05) is 18.9 Å². The number of aryl methyl sites for hydroxylation is 1. The highest BCUT2D eigenvalue weighted by atomic mass is 19.1. The van der Waals surface area contributed by atoms with E-state index in [2.05, 4.69) is 0 Å². The lowest BCUT2D eigenvalue weighted by Crippen LogP contribution is -2.42. The summed E-state index contributed by atoms with van der Waals surface area (Å²) in [7, 11) is 0. The standard InChI is InChI=1S/C16H22FN/c1-11-9-14(17)6-7-15(11)16(18)8-2-3-13(10-16)12-4-5-12/h6-7,9,12-13H,2-5,8,10,18H2,1H3. The van der Waals surface area contributed by atoms with Crippen molar-refractivity contribution in [3.8, 4) is 0 Å². The van der Waals surface area contributed by atoms with Gasteiger partial charge in [-0.05, 0) is 67.7 Å². The minimum absolute atomic E-state index is 0.158. The average Bonchev–Trinajstić information content (AvgIpc) is 3.12. The third-order valence-electron chi connectivity index (χ3n) is 4.84. The van der Waals surface area contributed by atoms with Gasteiger partial charge in [-0.3, -0.25) is 0 Å². The predicted molar refractivity (Wildman–Crippen MR) is 71.7 cm³/mol. The van der Waals surface area contributed by atoms with Gasteiger partial charge in [0.15, 0.2) is 0 Å². The van der Waals surface area contributed by atoms with E-state index in [9.17, 15) is 4.39 Å². The molecule has 0 amide bonds. The van der Waals surface area contributed by atoms with Crippen LogP contribution in [0, 0.1) is 24.6 Å². The van der Waals surface area contributed by atoms with Gasteiger partial charge in [0.25, 0.3) is 0 Å². The van der Waals surface area contributed by atoms with E-state index >= 15 is 0 Å². The van der Waals surface area contributed by atoms with Gasteiger partial charge < -0.3 is 5.73 Å². The minimum Gasteiger partial charge on any atom is -0.321 e. The normalized spacial score (nSPS) is 32.5. The van der Waals surface area contributed by atoms with Gasteiger partial charge in [-0.25, -0.2) is 4.39 Å². The number of hydrogen-bond acceptors (Lipinski definition) is 1.